The van der Waals surface area contributed by atoms with Crippen LogP contribution < -0.4 is 5.32 Å². The number of aromatic nitrogens is 5. The van der Waals surface area contributed by atoms with Crippen LogP contribution in [-0.4, -0.2) is 36.8 Å². The third-order valence-electron chi connectivity index (χ3n) is 2.91. The van der Waals surface area contributed by atoms with E-state index in [-0.39, 0.29) is 5.91 Å². The number of nitrogens with zero attached hydrogens (tertiary/aromatic N) is 5. The van der Waals surface area contributed by atoms with Gasteiger partial charge in [-0.25, -0.2) is 0 Å². The summed E-state index contributed by atoms with van der Waals surface area (Å²) in [4.78, 5) is 11.6. The second-order valence-electron chi connectivity index (χ2n) is 4.08. The first-order valence-corrected chi connectivity index (χ1v) is 6.64. The minimum atomic E-state index is -0.190. The molecule has 8 heteroatoms. The highest BCUT2D eigenvalue weighted by Crippen LogP contribution is 2.13. The van der Waals surface area contributed by atoms with E-state index in [0.717, 1.165) is 31.0 Å². The lowest BCUT2D eigenvalue weighted by molar-refractivity contribution is 0.0949. The third kappa shape index (κ3) is 2.10. The van der Waals surface area contributed by atoms with Gasteiger partial charge in [0.15, 0.2) is 5.69 Å². The Labute approximate surface area is 107 Å². The number of hydrogen-bond donors (Lipinski definition) is 1. The van der Waals surface area contributed by atoms with Gasteiger partial charge in [0.25, 0.3) is 5.91 Å². The van der Waals surface area contributed by atoms with Gasteiger partial charge in [-0.05, 0) is 18.0 Å². The van der Waals surface area contributed by atoms with Crippen LogP contribution in [-0.2, 0) is 19.4 Å². The summed E-state index contributed by atoms with van der Waals surface area (Å²) in [5.74, 6) is 1.81. The minimum Gasteiger partial charge on any atom is -0.350 e. The van der Waals surface area contributed by atoms with Crippen LogP contribution in [0.4, 0.5) is 0 Å². The zero-order valence-corrected chi connectivity index (χ0v) is 10.5. The first kappa shape index (κ1) is 11.3. The Bertz CT molecular complexity index is 549. The molecule has 0 radical (unpaired) electrons. The first-order valence-electron chi connectivity index (χ1n) is 5.81. The Morgan fingerprint density at radius 3 is 3.22 bits per heavy atom. The number of hydrogen-bond acceptors (Lipinski definition) is 6. The topological polar surface area (TPSA) is 85.6 Å². The van der Waals surface area contributed by atoms with Gasteiger partial charge in [0.1, 0.15) is 11.6 Å². The van der Waals surface area contributed by atoms with E-state index < -0.39 is 0 Å². The quantitative estimate of drug-likeness (QED) is 0.843. The van der Waals surface area contributed by atoms with E-state index in [1.165, 1.54) is 11.5 Å². The number of nitrogens with one attached hydrogen (secondary N) is 1. The number of aryl methyl sites for hydroxylation is 1. The molecular formula is C10H12N6OS. The van der Waals surface area contributed by atoms with Crippen LogP contribution in [0.5, 0.6) is 0 Å². The summed E-state index contributed by atoms with van der Waals surface area (Å²) in [6.07, 6.45) is 2.83. The second-order valence-corrected chi connectivity index (χ2v) is 4.69. The summed E-state index contributed by atoms with van der Waals surface area (Å²) < 4.78 is 5.79. The van der Waals surface area contributed by atoms with Crippen LogP contribution in [0.15, 0.2) is 5.38 Å². The highest BCUT2D eigenvalue weighted by atomic mass is 32.1. The Balaban J connectivity index is 1.54. The van der Waals surface area contributed by atoms with Crippen molar-refractivity contribution in [1.29, 1.82) is 0 Å². The van der Waals surface area contributed by atoms with Gasteiger partial charge in [0.05, 0.1) is 0 Å². The predicted octanol–water partition coefficient (Wildman–Crippen LogP) is 0.0483. The van der Waals surface area contributed by atoms with E-state index in [4.69, 9.17) is 0 Å². The fraction of sp³-hybridized carbons (Fsp3) is 0.500. The Morgan fingerprint density at radius 1 is 1.44 bits per heavy atom. The van der Waals surface area contributed by atoms with Gasteiger partial charge in [0, 0.05) is 31.3 Å². The maximum absolute atomic E-state index is 11.6. The fourth-order valence-electron chi connectivity index (χ4n) is 2.04. The molecule has 0 bridgehead atoms. The molecule has 0 saturated carbocycles. The molecule has 2 aromatic rings. The molecule has 0 aliphatic carbocycles. The summed E-state index contributed by atoms with van der Waals surface area (Å²) in [6, 6.07) is 0. The summed E-state index contributed by atoms with van der Waals surface area (Å²) in [5.41, 5.74) is 0.367. The van der Waals surface area contributed by atoms with E-state index in [1.807, 2.05) is 0 Å². The van der Waals surface area contributed by atoms with Gasteiger partial charge in [-0.3, -0.25) is 4.79 Å². The van der Waals surface area contributed by atoms with Gasteiger partial charge in [-0.2, -0.15) is 0 Å². The highest BCUT2D eigenvalue weighted by Gasteiger charge is 2.17. The second kappa shape index (κ2) is 4.81. The molecule has 1 aliphatic rings. The highest BCUT2D eigenvalue weighted by molar-refractivity contribution is 7.03. The molecule has 1 amide bonds. The smallest absolute Gasteiger partial charge is 0.272 e. The Kier molecular flexibility index (Phi) is 3.01. The Hall–Kier alpha value is -1.83. The summed E-state index contributed by atoms with van der Waals surface area (Å²) in [7, 11) is 0. The van der Waals surface area contributed by atoms with Crippen molar-refractivity contribution in [3.8, 4) is 0 Å². The molecular weight excluding hydrogens is 252 g/mol. The molecule has 0 aromatic carbocycles. The van der Waals surface area contributed by atoms with E-state index >= 15 is 0 Å². The van der Waals surface area contributed by atoms with Crippen molar-refractivity contribution in [3.63, 3.8) is 0 Å². The predicted molar refractivity (Wildman–Crippen MR) is 64.3 cm³/mol. The largest absolute Gasteiger partial charge is 0.350 e. The number of fused-ring (bicyclic) bond motifs is 1. The lowest BCUT2D eigenvalue weighted by Crippen LogP contribution is -2.26. The molecule has 3 heterocycles. The summed E-state index contributed by atoms with van der Waals surface area (Å²) >= 11 is 1.17. The number of carbonyl (C=O) groups is 1. The van der Waals surface area contributed by atoms with Crippen molar-refractivity contribution < 1.29 is 4.79 Å². The normalized spacial score (nSPS) is 13.6. The van der Waals surface area contributed by atoms with Gasteiger partial charge >= 0.3 is 0 Å². The van der Waals surface area contributed by atoms with Crippen molar-refractivity contribution in [1.82, 2.24) is 29.7 Å². The van der Waals surface area contributed by atoms with Crippen LogP contribution in [0.3, 0.4) is 0 Å². The van der Waals surface area contributed by atoms with Crippen molar-refractivity contribution >= 4 is 17.4 Å². The van der Waals surface area contributed by atoms with Crippen LogP contribution in [0, 0.1) is 0 Å². The average molecular weight is 264 g/mol. The van der Waals surface area contributed by atoms with E-state index in [9.17, 15) is 4.79 Å². The molecule has 7 nitrogen and oxygen atoms in total. The van der Waals surface area contributed by atoms with Crippen molar-refractivity contribution in [2.45, 2.75) is 25.8 Å². The zero-order valence-electron chi connectivity index (χ0n) is 9.67. The summed E-state index contributed by atoms with van der Waals surface area (Å²) in [5, 5.41) is 16.4. The molecule has 0 unspecified atom stereocenters. The van der Waals surface area contributed by atoms with Crippen LogP contribution in [0.1, 0.15) is 28.6 Å². The van der Waals surface area contributed by atoms with Gasteiger partial charge in [-0.1, -0.05) is 4.49 Å². The molecule has 3 rings (SSSR count). The molecule has 18 heavy (non-hydrogen) atoms. The van der Waals surface area contributed by atoms with E-state index in [1.54, 1.807) is 5.38 Å². The standard InChI is InChI=1S/C10H12N6OS/c17-10(7-6-18-15-12-7)11-4-3-9-14-13-8-2-1-5-16(8)9/h6H,1-5H2,(H,11,17). The zero-order chi connectivity index (χ0) is 12.4. The van der Waals surface area contributed by atoms with Gasteiger partial charge in [0.2, 0.25) is 0 Å². The number of amides is 1. The molecule has 94 valence electrons. The van der Waals surface area contributed by atoms with E-state index in [0.29, 0.717) is 18.7 Å². The molecule has 0 atom stereocenters. The lowest BCUT2D eigenvalue weighted by atomic mass is 10.3. The van der Waals surface area contributed by atoms with Crippen LogP contribution >= 0.6 is 11.5 Å². The van der Waals surface area contributed by atoms with Gasteiger partial charge in [-0.15, -0.1) is 15.3 Å². The summed E-state index contributed by atoms with van der Waals surface area (Å²) in [6.45, 7) is 1.52. The lowest BCUT2D eigenvalue weighted by Gasteiger charge is -2.03. The molecule has 0 spiro atoms. The number of carbonyl (C=O) groups excluding carboxylic acids is 1. The van der Waals surface area contributed by atoms with Gasteiger partial charge < -0.3 is 9.88 Å². The fourth-order valence-corrected chi connectivity index (χ4v) is 2.47. The molecule has 1 aliphatic heterocycles. The van der Waals surface area contributed by atoms with Crippen molar-refractivity contribution in [2.24, 2.45) is 0 Å². The molecule has 0 saturated heterocycles. The van der Waals surface area contributed by atoms with Crippen molar-refractivity contribution in [3.05, 3.63) is 22.7 Å². The van der Waals surface area contributed by atoms with Crippen LogP contribution in [0.2, 0.25) is 0 Å². The average Bonchev–Trinajstić information content (AvgIpc) is 3.07. The molecule has 0 fully saturated rings. The van der Waals surface area contributed by atoms with Crippen molar-refractivity contribution in [2.75, 3.05) is 6.54 Å². The SMILES string of the molecule is O=C(NCCc1nnc2n1CCC2)c1csnn1. The molecule has 2 aromatic heterocycles. The van der Waals surface area contributed by atoms with E-state index in [2.05, 4.69) is 29.7 Å². The minimum absolute atomic E-state index is 0.190. The first-order chi connectivity index (χ1) is 8.84. The third-order valence-corrected chi connectivity index (χ3v) is 3.42. The Morgan fingerprint density at radius 2 is 2.39 bits per heavy atom. The maximum Gasteiger partial charge on any atom is 0.272 e. The number of rotatable bonds is 4. The van der Waals surface area contributed by atoms with Crippen LogP contribution in [0.25, 0.3) is 0 Å². The maximum atomic E-state index is 11.6. The molecule has 1 N–H and O–H groups in total. The monoisotopic (exact) mass is 264 g/mol.